The van der Waals surface area contributed by atoms with Gasteiger partial charge in [-0.2, -0.15) is 0 Å². The van der Waals surface area contributed by atoms with Crippen LogP contribution < -0.4 is 10.6 Å². The molecule has 6 aliphatic rings. The average Bonchev–Trinajstić information content (AvgIpc) is 1.43. The molecule has 0 saturated heterocycles. The van der Waals surface area contributed by atoms with Crippen molar-refractivity contribution < 1.29 is 120 Å². The van der Waals surface area contributed by atoms with Crippen LogP contribution in [-0.2, 0) is 38.6 Å². The first-order valence-electron chi connectivity index (χ1n) is 25.2. The minimum Gasteiger partial charge on any atom is -0.480 e. The van der Waals surface area contributed by atoms with Gasteiger partial charge in [-0.15, -0.1) is 0 Å². The van der Waals surface area contributed by atoms with E-state index in [0.717, 1.165) is 12.1 Å². The molecule has 0 bridgehead atoms. The maximum absolute atomic E-state index is 12.7. The number of ether oxygens (including phenoxy) is 6. The number of hydrogen-bond donors (Lipinski definition) is 5. The Balaban J connectivity index is 0.000000140. The van der Waals surface area contributed by atoms with E-state index in [9.17, 15) is 92.0 Å². The van der Waals surface area contributed by atoms with Crippen molar-refractivity contribution in [3.8, 4) is 0 Å². The maximum Gasteiger partial charge on any atom is 0.346 e. The number of anilines is 2. The maximum atomic E-state index is 12.7. The predicted octanol–water partition coefficient (Wildman–Crippen LogP) is 5.60. The molecule has 0 spiro atoms. The van der Waals surface area contributed by atoms with Crippen molar-refractivity contribution in [3.05, 3.63) is 233 Å². The van der Waals surface area contributed by atoms with E-state index in [1.165, 1.54) is 122 Å². The monoisotopic (exact) mass is 1190 g/mol. The molecule has 7 aromatic rings. The minimum atomic E-state index is -1.66. The fraction of sp³-hybridized carbons (Fsp3) is 0.0492. The second-order valence-electron chi connectivity index (χ2n) is 19.6. The molecule has 6 heterocycles. The third-order valence-corrected chi connectivity index (χ3v) is 14.4. The molecule has 13 rings (SSSR count). The lowest BCUT2D eigenvalue weighted by molar-refractivity contribution is -0.141. The van der Waals surface area contributed by atoms with E-state index < -0.39 is 107 Å². The molecule has 0 unspecified atom stereocenters. The number of aliphatic hydroxyl groups excluding tert-OH is 1. The van der Waals surface area contributed by atoms with Crippen molar-refractivity contribution in [3.63, 3.8) is 0 Å². The highest BCUT2D eigenvalue weighted by atomic mass is 16.6. The zero-order chi connectivity index (χ0) is 62.9. The Morgan fingerprint density at radius 3 is 0.920 bits per heavy atom. The van der Waals surface area contributed by atoms with Crippen LogP contribution in [0.15, 0.2) is 127 Å². The Kier molecular flexibility index (Phi) is 13.9. The number of carbonyl (C=O) groups is 16. The number of rotatable bonds is 10. The molecule has 2 amide bonds. The largest absolute Gasteiger partial charge is 0.480 e. The minimum absolute atomic E-state index is 0.00230. The van der Waals surface area contributed by atoms with E-state index in [0.29, 0.717) is 11.1 Å². The van der Waals surface area contributed by atoms with Gasteiger partial charge in [-0.25, -0.2) is 62.3 Å². The SMILES string of the molecule is CC(C(=O)O)(c1ccc2c(c1)C(=O)OC2=O)c1ccc2c(c1)C(=O)OC2=O.O=C(O)c1cc(NC(=O)c2ccc3c(c2)C(=O)OC3=O)cc(NC(=O)c2ccc3c(c2)C(=O)OC3=O)c1.O=C1OC(=O)c2cc(C(O)c3ccc4c(c3)C(=O)OC4=O)ccc21. The number of nitrogens with one attached hydrogen (secondary N) is 2. The number of carbonyl (C=O) groups excluding carboxylic acids is 14. The molecule has 0 aromatic heterocycles. The first-order valence-corrected chi connectivity index (χ1v) is 25.2. The van der Waals surface area contributed by atoms with Gasteiger partial charge in [-0.1, -0.05) is 24.3 Å². The first kappa shape index (κ1) is 57.1. The van der Waals surface area contributed by atoms with Crippen LogP contribution in [0.4, 0.5) is 11.4 Å². The predicted molar refractivity (Wildman–Crippen MR) is 285 cm³/mol. The van der Waals surface area contributed by atoms with Crippen LogP contribution in [0, 0.1) is 0 Å². The summed E-state index contributed by atoms with van der Waals surface area (Å²) < 4.78 is 27.0. The number of cyclic esters (lactones) is 12. The molecule has 5 N–H and O–H groups in total. The van der Waals surface area contributed by atoms with Crippen molar-refractivity contribution in [2.24, 2.45) is 0 Å². The van der Waals surface area contributed by atoms with Gasteiger partial charge in [0.2, 0.25) is 0 Å². The Hall–Kier alpha value is -12.8. The summed E-state index contributed by atoms with van der Waals surface area (Å²) in [5.41, 5.74) is -0.466. The Morgan fingerprint density at radius 2 is 0.614 bits per heavy atom. The van der Waals surface area contributed by atoms with E-state index in [4.69, 9.17) is 0 Å². The molecule has 7 aromatic carbocycles. The topological polar surface area (TPSA) is 413 Å². The summed E-state index contributed by atoms with van der Waals surface area (Å²) in [7, 11) is 0. The summed E-state index contributed by atoms with van der Waals surface area (Å²) in [5, 5.41) is 34.8. The normalized spacial score (nSPS) is 14.5. The van der Waals surface area contributed by atoms with E-state index in [2.05, 4.69) is 39.1 Å². The van der Waals surface area contributed by atoms with E-state index in [1.807, 2.05) is 0 Å². The highest BCUT2D eigenvalue weighted by Gasteiger charge is 2.43. The molecular formula is C61H30N2O25. The van der Waals surface area contributed by atoms with Gasteiger partial charge in [0.25, 0.3) is 11.8 Å². The third kappa shape index (κ3) is 10.0. The van der Waals surface area contributed by atoms with Crippen molar-refractivity contribution in [1.29, 1.82) is 0 Å². The fourth-order valence-electron chi connectivity index (χ4n) is 9.70. The average molecular weight is 1190 g/mol. The highest BCUT2D eigenvalue weighted by molar-refractivity contribution is 6.20. The third-order valence-electron chi connectivity index (χ3n) is 14.4. The van der Waals surface area contributed by atoms with Crippen molar-refractivity contribution in [2.75, 3.05) is 10.6 Å². The summed E-state index contributed by atoms with van der Waals surface area (Å²) in [6.45, 7) is 1.39. The number of carboxylic acids is 2. The second kappa shape index (κ2) is 21.4. The molecule has 0 radical (unpaired) electrons. The number of carboxylic acid groups (broad SMARTS) is 2. The fourth-order valence-corrected chi connectivity index (χ4v) is 9.70. The van der Waals surface area contributed by atoms with Gasteiger partial charge in [0.05, 0.1) is 72.3 Å². The number of esters is 12. The van der Waals surface area contributed by atoms with Gasteiger partial charge in [-0.3, -0.25) is 14.4 Å². The molecule has 0 saturated carbocycles. The highest BCUT2D eigenvalue weighted by Crippen LogP contribution is 2.38. The van der Waals surface area contributed by atoms with E-state index in [1.54, 1.807) is 0 Å². The van der Waals surface area contributed by atoms with Gasteiger partial charge < -0.3 is 54.4 Å². The standard InChI is InChI=1S/C25H12N2O10.C19H10O8.C17H8O7/c28-19(10-1-3-15-17(7-10)24(34)36-22(15)32)26-13-5-12(21(30)31)6-14(9-13)27-20(29)11-2-4-16-18(8-11)25(35)37-23(16)33;1-19(18(24)25,8-2-4-10-12(6-8)16(22)26-14(10)20)9-3-5-11-13(7-9)17(23)27-15(11)21;18-13(7-1-3-9-11(5-7)16(21)23-14(9)19)8-2-4-10-12(6-8)17(22)24-15(10)20/h1-9H,(H,26,28)(H,27,29)(H,30,31);2-7H,1H3,(H,24,25);1-6,13,18H. The van der Waals surface area contributed by atoms with Crippen LogP contribution in [-0.4, -0.2) is 111 Å². The zero-order valence-electron chi connectivity index (χ0n) is 44.0. The summed E-state index contributed by atoms with van der Waals surface area (Å²) in [6, 6.07) is 27.6. The molecule has 27 nitrogen and oxygen atoms in total. The van der Waals surface area contributed by atoms with Gasteiger partial charge in [-0.05, 0) is 132 Å². The molecule has 27 heteroatoms. The quantitative estimate of drug-likeness (QED) is 0.0632. The molecule has 0 aliphatic carbocycles. The summed E-state index contributed by atoms with van der Waals surface area (Å²) in [4.78, 5) is 189. The molecular weight excluding hydrogens is 1160 g/mol. The summed E-state index contributed by atoms with van der Waals surface area (Å²) in [5.74, 6) is -13.8. The van der Waals surface area contributed by atoms with E-state index >= 15 is 0 Å². The second-order valence-corrected chi connectivity index (χ2v) is 19.6. The van der Waals surface area contributed by atoms with Crippen molar-refractivity contribution >= 4 is 107 Å². The Morgan fingerprint density at radius 1 is 0.341 bits per heavy atom. The number of benzene rings is 7. The molecule has 88 heavy (non-hydrogen) atoms. The number of aromatic carboxylic acids is 1. The summed E-state index contributed by atoms with van der Waals surface area (Å²) >= 11 is 0. The summed E-state index contributed by atoms with van der Waals surface area (Å²) in [6.07, 6.45) is -1.16. The first-order chi connectivity index (χ1) is 41.8. The molecule has 0 atom stereocenters. The van der Waals surface area contributed by atoms with Crippen molar-refractivity contribution in [2.45, 2.75) is 18.4 Å². The number of aliphatic carboxylic acids is 1. The van der Waals surface area contributed by atoms with Crippen LogP contribution in [0.25, 0.3) is 0 Å². The number of amides is 2. The van der Waals surface area contributed by atoms with E-state index in [-0.39, 0.29) is 106 Å². The number of hydrogen-bond acceptors (Lipinski definition) is 23. The van der Waals surface area contributed by atoms with Gasteiger partial charge >= 0.3 is 83.6 Å². The van der Waals surface area contributed by atoms with Crippen LogP contribution in [0.5, 0.6) is 0 Å². The van der Waals surface area contributed by atoms with Crippen LogP contribution >= 0.6 is 0 Å². The number of fused-ring (bicyclic) bond motifs is 6. The van der Waals surface area contributed by atoms with Gasteiger partial charge in [0, 0.05) is 22.5 Å². The lowest BCUT2D eigenvalue weighted by Gasteiger charge is -2.26. The van der Waals surface area contributed by atoms with Gasteiger partial charge in [0.1, 0.15) is 11.5 Å². The molecule has 0 fully saturated rings. The Labute approximate surface area is 487 Å². The lowest BCUT2D eigenvalue weighted by Crippen LogP contribution is -2.34. The number of aliphatic hydroxyl groups is 1. The zero-order valence-corrected chi connectivity index (χ0v) is 44.0. The van der Waals surface area contributed by atoms with Crippen molar-refractivity contribution in [1.82, 2.24) is 0 Å². The smallest absolute Gasteiger partial charge is 0.346 e. The lowest BCUT2D eigenvalue weighted by atomic mass is 9.75. The van der Waals surface area contributed by atoms with Gasteiger partial charge in [0.15, 0.2) is 0 Å². The van der Waals surface area contributed by atoms with Crippen LogP contribution in [0.1, 0.15) is 191 Å². The Bertz CT molecular complexity index is 4300. The molecule has 6 aliphatic heterocycles. The molecule has 434 valence electrons. The van der Waals surface area contributed by atoms with Crippen LogP contribution in [0.3, 0.4) is 0 Å². The van der Waals surface area contributed by atoms with Crippen LogP contribution in [0.2, 0.25) is 0 Å².